The molecule has 5 atom stereocenters. The largest absolute Gasteiger partial charge is 0.443 e. The van der Waals surface area contributed by atoms with Crippen molar-refractivity contribution < 1.29 is 43.1 Å². The fourth-order valence-corrected chi connectivity index (χ4v) is 4.27. The van der Waals surface area contributed by atoms with Crippen LogP contribution in [0.2, 0.25) is 0 Å². The molecule has 4 N–H and O–H groups in total. The predicted molar refractivity (Wildman–Crippen MR) is 113 cm³/mol. The zero-order valence-corrected chi connectivity index (χ0v) is 18.6. The molecule has 1 aromatic heterocycles. The van der Waals surface area contributed by atoms with E-state index in [0.717, 1.165) is 23.1 Å². The second-order valence-corrected chi connectivity index (χ2v) is 8.82. The number of benzene rings is 1. The number of hydrogen-bond donors (Lipinski definition) is 4. The van der Waals surface area contributed by atoms with Crippen molar-refractivity contribution in [2.24, 2.45) is 0 Å². The molecule has 1 aliphatic heterocycles. The van der Waals surface area contributed by atoms with Gasteiger partial charge in [0.2, 0.25) is 12.2 Å². The first-order chi connectivity index (χ1) is 16.1. The van der Waals surface area contributed by atoms with Crippen LogP contribution < -0.4 is 4.74 Å². The third-order valence-electron chi connectivity index (χ3n) is 6.55. The molecule has 0 amide bonds. The second kappa shape index (κ2) is 9.82. The van der Waals surface area contributed by atoms with Gasteiger partial charge in [-0.05, 0) is 36.8 Å². The zero-order chi connectivity index (χ0) is 24.6. The van der Waals surface area contributed by atoms with Gasteiger partial charge in [0.25, 0.3) is 0 Å². The lowest BCUT2D eigenvalue weighted by molar-refractivity contribution is -0.278. The maximum atomic E-state index is 14.2. The van der Waals surface area contributed by atoms with E-state index in [-0.39, 0.29) is 17.9 Å². The zero-order valence-electron chi connectivity index (χ0n) is 18.6. The summed E-state index contributed by atoms with van der Waals surface area (Å²) in [4.78, 5) is 0. The van der Waals surface area contributed by atoms with Gasteiger partial charge < -0.3 is 29.9 Å². The quantitative estimate of drug-likeness (QED) is 0.473. The minimum Gasteiger partial charge on any atom is -0.443 e. The van der Waals surface area contributed by atoms with Crippen molar-refractivity contribution in [3.05, 3.63) is 46.6 Å². The third-order valence-corrected chi connectivity index (χ3v) is 6.55. The lowest BCUT2D eigenvalue weighted by atomic mass is 9.93. The number of rotatable bonds is 7. The van der Waals surface area contributed by atoms with E-state index in [1.54, 1.807) is 12.1 Å². The van der Waals surface area contributed by atoms with E-state index in [4.69, 9.17) is 9.47 Å². The van der Waals surface area contributed by atoms with Crippen LogP contribution in [-0.2, 0) is 23.8 Å². The molecule has 34 heavy (non-hydrogen) atoms. The maximum absolute atomic E-state index is 14.2. The van der Waals surface area contributed by atoms with Crippen LogP contribution in [0.3, 0.4) is 0 Å². The molecule has 0 radical (unpaired) electrons. The molecule has 188 valence electrons. The van der Waals surface area contributed by atoms with E-state index in [1.165, 1.54) is 0 Å². The first-order valence-corrected chi connectivity index (χ1v) is 11.4. The number of hydrogen-bond acceptors (Lipinski definition) is 7. The summed E-state index contributed by atoms with van der Waals surface area (Å²) in [7, 11) is 0. The standard InChI is InChI=1S/C23H29F3N2O6/c1-2-12-6-8-13(9-7-12)10-15-20(23(24,25)26)28(14-4-3-5-14)27-21(15)34-22-19(32)18(31)17(30)16(11-29)33-22/h6-9,14,16-19,22,29-32H,2-5,10-11H2,1H3. The molecule has 1 aliphatic carbocycles. The molecule has 2 aromatic rings. The number of halogens is 3. The molecule has 2 heterocycles. The van der Waals surface area contributed by atoms with Gasteiger partial charge in [-0.2, -0.15) is 13.2 Å². The van der Waals surface area contributed by atoms with Gasteiger partial charge in [-0.25, -0.2) is 0 Å². The number of aliphatic hydroxyl groups is 4. The van der Waals surface area contributed by atoms with E-state index in [2.05, 4.69) is 5.10 Å². The Kier molecular flexibility index (Phi) is 7.20. The van der Waals surface area contributed by atoms with Crippen LogP contribution in [0.25, 0.3) is 0 Å². The molecule has 2 aliphatic rings. The molecular formula is C23H29F3N2O6. The Labute approximate surface area is 194 Å². The number of ether oxygens (including phenoxy) is 2. The Morgan fingerprint density at radius 1 is 1.06 bits per heavy atom. The average Bonchev–Trinajstić information content (AvgIpc) is 3.10. The Bertz CT molecular complexity index is 974. The molecule has 2 fully saturated rings. The highest BCUT2D eigenvalue weighted by atomic mass is 19.4. The molecule has 4 rings (SSSR count). The van der Waals surface area contributed by atoms with Crippen molar-refractivity contribution in [1.29, 1.82) is 0 Å². The van der Waals surface area contributed by atoms with E-state index in [9.17, 15) is 33.6 Å². The lowest BCUT2D eigenvalue weighted by Crippen LogP contribution is -2.60. The van der Waals surface area contributed by atoms with Crippen molar-refractivity contribution in [2.45, 2.75) is 82.0 Å². The van der Waals surface area contributed by atoms with E-state index in [1.807, 2.05) is 19.1 Å². The predicted octanol–water partition coefficient (Wildman–Crippen LogP) is 1.96. The normalized spacial score (nSPS) is 28.1. The van der Waals surface area contributed by atoms with Crippen LogP contribution in [0.4, 0.5) is 13.2 Å². The van der Waals surface area contributed by atoms with Gasteiger partial charge in [-0.3, -0.25) is 4.68 Å². The van der Waals surface area contributed by atoms with Crippen LogP contribution in [0.5, 0.6) is 5.88 Å². The van der Waals surface area contributed by atoms with Gasteiger partial charge >= 0.3 is 6.18 Å². The van der Waals surface area contributed by atoms with Gasteiger partial charge in [0, 0.05) is 6.42 Å². The Balaban J connectivity index is 1.73. The highest BCUT2D eigenvalue weighted by molar-refractivity contribution is 5.39. The molecule has 11 heteroatoms. The highest BCUT2D eigenvalue weighted by Crippen LogP contribution is 2.43. The Morgan fingerprint density at radius 2 is 1.71 bits per heavy atom. The molecule has 5 unspecified atom stereocenters. The average molecular weight is 486 g/mol. The first-order valence-electron chi connectivity index (χ1n) is 11.4. The Morgan fingerprint density at radius 3 is 2.24 bits per heavy atom. The van der Waals surface area contributed by atoms with Crippen molar-refractivity contribution in [3.63, 3.8) is 0 Å². The van der Waals surface area contributed by atoms with Crippen molar-refractivity contribution in [2.75, 3.05) is 6.61 Å². The van der Waals surface area contributed by atoms with Crippen LogP contribution in [0, 0.1) is 0 Å². The van der Waals surface area contributed by atoms with E-state index >= 15 is 0 Å². The number of nitrogens with zero attached hydrogens (tertiary/aromatic N) is 2. The van der Waals surface area contributed by atoms with Crippen molar-refractivity contribution in [3.8, 4) is 5.88 Å². The van der Waals surface area contributed by atoms with Gasteiger partial charge in [-0.15, -0.1) is 5.10 Å². The molecule has 1 aromatic carbocycles. The SMILES string of the molecule is CCc1ccc(Cc2c(OC3OC(CO)C(O)C(O)C3O)nn(C3CCC3)c2C(F)(F)F)cc1. The summed E-state index contributed by atoms with van der Waals surface area (Å²) in [6, 6.07) is 6.76. The summed E-state index contributed by atoms with van der Waals surface area (Å²) in [5, 5.41) is 43.9. The maximum Gasteiger partial charge on any atom is 0.433 e. The molecule has 1 saturated heterocycles. The van der Waals surface area contributed by atoms with Crippen molar-refractivity contribution in [1.82, 2.24) is 9.78 Å². The van der Waals surface area contributed by atoms with Gasteiger partial charge in [0.15, 0.2) is 0 Å². The number of alkyl halides is 3. The fourth-order valence-electron chi connectivity index (χ4n) is 4.27. The van der Waals surface area contributed by atoms with Crippen molar-refractivity contribution >= 4 is 0 Å². The molecule has 0 spiro atoms. The summed E-state index contributed by atoms with van der Waals surface area (Å²) >= 11 is 0. The molecule has 8 nitrogen and oxygen atoms in total. The molecule has 1 saturated carbocycles. The van der Waals surface area contributed by atoms with Crippen LogP contribution in [0.15, 0.2) is 24.3 Å². The summed E-state index contributed by atoms with van der Waals surface area (Å²) in [5.74, 6) is -0.372. The van der Waals surface area contributed by atoms with Gasteiger partial charge in [0.1, 0.15) is 30.1 Å². The van der Waals surface area contributed by atoms with E-state index < -0.39 is 55.2 Å². The van der Waals surface area contributed by atoms with Crippen LogP contribution in [-0.4, -0.2) is 67.5 Å². The summed E-state index contributed by atoms with van der Waals surface area (Å²) in [5.41, 5.74) is 0.536. The van der Waals surface area contributed by atoms with Crippen LogP contribution in [0.1, 0.15) is 54.6 Å². The smallest absolute Gasteiger partial charge is 0.433 e. The Hall–Kier alpha value is -2.18. The summed E-state index contributed by atoms with van der Waals surface area (Å²) in [6.45, 7) is 1.29. The fraction of sp³-hybridized carbons (Fsp3) is 0.609. The van der Waals surface area contributed by atoms with Gasteiger partial charge in [0.05, 0.1) is 18.2 Å². The second-order valence-electron chi connectivity index (χ2n) is 8.82. The summed E-state index contributed by atoms with van der Waals surface area (Å²) < 4.78 is 54.6. The van der Waals surface area contributed by atoms with Gasteiger partial charge in [-0.1, -0.05) is 31.2 Å². The number of aliphatic hydroxyl groups excluding tert-OH is 4. The number of aromatic nitrogens is 2. The molecular weight excluding hydrogens is 457 g/mol. The number of aryl methyl sites for hydroxylation is 1. The monoisotopic (exact) mass is 486 g/mol. The summed E-state index contributed by atoms with van der Waals surface area (Å²) in [6.07, 6.45) is -10.2. The first kappa shape index (κ1) is 24.9. The lowest BCUT2D eigenvalue weighted by Gasteiger charge is -2.39. The minimum absolute atomic E-state index is 0.127. The minimum atomic E-state index is -4.71. The van der Waals surface area contributed by atoms with Crippen LogP contribution >= 0.6 is 0 Å². The van der Waals surface area contributed by atoms with E-state index in [0.29, 0.717) is 18.4 Å². The third kappa shape index (κ3) is 4.80. The molecule has 0 bridgehead atoms. The highest BCUT2D eigenvalue weighted by Gasteiger charge is 2.47. The topological polar surface area (TPSA) is 117 Å².